The number of carbonyl (C=O) groups excluding carboxylic acids is 1. The molecule has 19 heavy (non-hydrogen) atoms. The predicted octanol–water partition coefficient (Wildman–Crippen LogP) is 3.43. The molecular weight excluding hydrogens is 359 g/mol. The van der Waals surface area contributed by atoms with Crippen LogP contribution in [0, 0.1) is 3.57 Å². The molecule has 0 radical (unpaired) electrons. The number of rotatable bonds is 1. The van der Waals surface area contributed by atoms with E-state index >= 15 is 0 Å². The van der Waals surface area contributed by atoms with Crippen molar-refractivity contribution in [3.05, 3.63) is 22.0 Å². The molecule has 0 aliphatic rings. The van der Waals surface area contributed by atoms with Gasteiger partial charge < -0.3 is 9.47 Å². The summed E-state index contributed by atoms with van der Waals surface area (Å²) in [6.07, 6.45) is 2.83. The van der Waals surface area contributed by atoms with Crippen molar-refractivity contribution in [2.24, 2.45) is 0 Å². The molecule has 0 amide bonds. The predicted molar refractivity (Wildman–Crippen MR) is 80.6 cm³/mol. The van der Waals surface area contributed by atoms with Crippen LogP contribution < -0.4 is 4.74 Å². The maximum absolute atomic E-state index is 12.1. The molecular formula is C13H15IN2O3. The highest BCUT2D eigenvalue weighted by Crippen LogP contribution is 2.28. The lowest BCUT2D eigenvalue weighted by molar-refractivity contribution is 0.0543. The van der Waals surface area contributed by atoms with Gasteiger partial charge in [-0.25, -0.2) is 14.3 Å². The van der Waals surface area contributed by atoms with Gasteiger partial charge in [0.2, 0.25) is 0 Å². The van der Waals surface area contributed by atoms with Gasteiger partial charge >= 0.3 is 6.09 Å². The Morgan fingerprint density at radius 1 is 1.42 bits per heavy atom. The van der Waals surface area contributed by atoms with Gasteiger partial charge in [-0.3, -0.25) is 0 Å². The molecule has 6 heteroatoms. The minimum Gasteiger partial charge on any atom is -0.494 e. The average molecular weight is 374 g/mol. The van der Waals surface area contributed by atoms with Crippen molar-refractivity contribution in [3.63, 3.8) is 0 Å². The van der Waals surface area contributed by atoms with E-state index in [-0.39, 0.29) is 0 Å². The monoisotopic (exact) mass is 374 g/mol. The summed E-state index contributed by atoms with van der Waals surface area (Å²) in [5, 5.41) is 0.866. The fourth-order valence-corrected chi connectivity index (χ4v) is 2.42. The average Bonchev–Trinajstić information content (AvgIpc) is 2.72. The van der Waals surface area contributed by atoms with Crippen molar-refractivity contribution in [2.75, 3.05) is 7.11 Å². The third-order valence-electron chi connectivity index (χ3n) is 2.43. The molecule has 0 unspecified atom stereocenters. The molecule has 0 atom stereocenters. The van der Waals surface area contributed by atoms with E-state index in [4.69, 9.17) is 9.47 Å². The summed E-state index contributed by atoms with van der Waals surface area (Å²) in [7, 11) is 1.59. The number of ether oxygens (including phenoxy) is 2. The Morgan fingerprint density at radius 3 is 2.68 bits per heavy atom. The second-order valence-electron chi connectivity index (χ2n) is 5.04. The highest BCUT2D eigenvalue weighted by Gasteiger charge is 2.20. The molecule has 0 N–H and O–H groups in total. The van der Waals surface area contributed by atoms with Crippen molar-refractivity contribution in [1.82, 2.24) is 9.55 Å². The molecule has 5 nitrogen and oxygen atoms in total. The summed E-state index contributed by atoms with van der Waals surface area (Å²) in [6, 6.07) is 1.83. The Hall–Kier alpha value is -1.31. The van der Waals surface area contributed by atoms with Crippen LogP contribution in [-0.4, -0.2) is 28.4 Å². The van der Waals surface area contributed by atoms with E-state index < -0.39 is 11.7 Å². The number of hydrogen-bond acceptors (Lipinski definition) is 4. The Balaban J connectivity index is 2.47. The molecule has 2 heterocycles. The molecule has 0 spiro atoms. The summed E-state index contributed by atoms with van der Waals surface area (Å²) in [5.41, 5.74) is 0.0345. The Morgan fingerprint density at radius 2 is 2.11 bits per heavy atom. The SMILES string of the molecule is COc1cnc2c(ccn2C(=O)OC(C)(C)C)c1I. The summed E-state index contributed by atoms with van der Waals surface area (Å²) < 4.78 is 12.9. The number of methoxy groups -OCH3 is 1. The van der Waals surface area contributed by atoms with Crippen molar-refractivity contribution < 1.29 is 14.3 Å². The molecule has 2 aromatic rings. The first-order valence-electron chi connectivity index (χ1n) is 5.76. The van der Waals surface area contributed by atoms with E-state index in [0.29, 0.717) is 11.4 Å². The number of aromatic nitrogens is 2. The minimum atomic E-state index is -0.534. The molecule has 2 aromatic heterocycles. The topological polar surface area (TPSA) is 53.4 Å². The van der Waals surface area contributed by atoms with Crippen LogP contribution in [0.1, 0.15) is 20.8 Å². The fourth-order valence-electron chi connectivity index (χ4n) is 1.64. The molecule has 0 saturated heterocycles. The van der Waals surface area contributed by atoms with Gasteiger partial charge in [0.1, 0.15) is 5.60 Å². The lowest BCUT2D eigenvalue weighted by Gasteiger charge is -2.19. The minimum absolute atomic E-state index is 0.434. The number of carbonyl (C=O) groups is 1. The molecule has 2 rings (SSSR count). The van der Waals surface area contributed by atoms with E-state index in [9.17, 15) is 4.79 Å². The van der Waals surface area contributed by atoms with E-state index in [1.807, 2.05) is 26.8 Å². The van der Waals surface area contributed by atoms with Crippen molar-refractivity contribution in [3.8, 4) is 5.75 Å². The molecule has 0 aliphatic carbocycles. The lowest BCUT2D eigenvalue weighted by atomic mass is 10.2. The standard InChI is InChI=1S/C13H15IN2O3/c1-13(2,3)19-12(17)16-6-5-8-10(14)9(18-4)7-15-11(8)16/h5-7H,1-4H3. The molecule has 0 bridgehead atoms. The summed E-state index contributed by atoms with van der Waals surface area (Å²) in [6.45, 7) is 5.49. The van der Waals surface area contributed by atoms with E-state index in [1.54, 1.807) is 19.5 Å². The summed E-state index contributed by atoms with van der Waals surface area (Å²) in [5.74, 6) is 0.690. The van der Waals surface area contributed by atoms with Crippen LogP contribution in [0.4, 0.5) is 4.79 Å². The van der Waals surface area contributed by atoms with Gasteiger partial charge in [0.05, 0.1) is 16.9 Å². The van der Waals surface area contributed by atoms with Crippen LogP contribution in [0.3, 0.4) is 0 Å². The van der Waals surface area contributed by atoms with Gasteiger partial charge in [-0.1, -0.05) is 0 Å². The highest BCUT2D eigenvalue weighted by atomic mass is 127. The first-order valence-corrected chi connectivity index (χ1v) is 6.84. The third kappa shape index (κ3) is 2.83. The Kier molecular flexibility index (Phi) is 3.71. The fraction of sp³-hybridized carbons (Fsp3) is 0.385. The van der Waals surface area contributed by atoms with Crippen LogP contribution in [0.25, 0.3) is 11.0 Å². The van der Waals surface area contributed by atoms with E-state index in [0.717, 1.165) is 8.96 Å². The van der Waals surface area contributed by atoms with Crippen molar-refractivity contribution >= 4 is 39.7 Å². The van der Waals surface area contributed by atoms with Crippen LogP contribution in [0.2, 0.25) is 0 Å². The van der Waals surface area contributed by atoms with Crippen molar-refractivity contribution in [1.29, 1.82) is 0 Å². The zero-order chi connectivity index (χ0) is 14.2. The summed E-state index contributed by atoms with van der Waals surface area (Å²) in [4.78, 5) is 16.3. The molecule has 102 valence electrons. The first-order chi connectivity index (χ1) is 8.83. The normalized spacial score (nSPS) is 11.6. The zero-order valence-corrected chi connectivity index (χ0v) is 13.4. The maximum Gasteiger partial charge on any atom is 0.420 e. The molecule has 0 fully saturated rings. The van der Waals surface area contributed by atoms with Crippen molar-refractivity contribution in [2.45, 2.75) is 26.4 Å². The van der Waals surface area contributed by atoms with Crippen LogP contribution in [0.15, 0.2) is 18.5 Å². The number of fused-ring (bicyclic) bond motifs is 1. The molecule has 0 aromatic carbocycles. The zero-order valence-electron chi connectivity index (χ0n) is 11.2. The smallest absolute Gasteiger partial charge is 0.420 e. The number of pyridine rings is 1. The lowest BCUT2D eigenvalue weighted by Crippen LogP contribution is -2.26. The Bertz CT molecular complexity index is 629. The second-order valence-corrected chi connectivity index (χ2v) is 6.12. The first kappa shape index (κ1) is 14.1. The maximum atomic E-state index is 12.1. The summed E-state index contributed by atoms with van der Waals surface area (Å²) >= 11 is 2.17. The highest BCUT2D eigenvalue weighted by molar-refractivity contribution is 14.1. The number of nitrogens with zero attached hydrogens (tertiary/aromatic N) is 2. The van der Waals surface area contributed by atoms with Gasteiger partial charge in [-0.05, 0) is 49.4 Å². The van der Waals surface area contributed by atoms with Gasteiger partial charge in [-0.15, -0.1) is 0 Å². The van der Waals surface area contributed by atoms with E-state index in [2.05, 4.69) is 27.6 Å². The number of halogens is 1. The van der Waals surface area contributed by atoms with E-state index in [1.165, 1.54) is 4.57 Å². The van der Waals surface area contributed by atoms with Crippen LogP contribution in [0.5, 0.6) is 5.75 Å². The number of hydrogen-bond donors (Lipinski definition) is 0. The third-order valence-corrected chi connectivity index (χ3v) is 3.54. The largest absolute Gasteiger partial charge is 0.494 e. The van der Waals surface area contributed by atoms with Gasteiger partial charge in [-0.2, -0.15) is 0 Å². The molecule has 0 aliphatic heterocycles. The van der Waals surface area contributed by atoms with Gasteiger partial charge in [0.25, 0.3) is 0 Å². The molecule has 0 saturated carbocycles. The van der Waals surface area contributed by atoms with Gasteiger partial charge in [0, 0.05) is 11.6 Å². The Labute approximate surface area is 125 Å². The van der Waals surface area contributed by atoms with Crippen LogP contribution in [-0.2, 0) is 4.74 Å². The second kappa shape index (κ2) is 4.99. The van der Waals surface area contributed by atoms with Crippen LogP contribution >= 0.6 is 22.6 Å². The van der Waals surface area contributed by atoms with Gasteiger partial charge in [0.15, 0.2) is 11.4 Å². The quantitative estimate of drug-likeness (QED) is 0.718.